The third kappa shape index (κ3) is 1.25. The van der Waals surface area contributed by atoms with Gasteiger partial charge in [0, 0.05) is 13.1 Å². The Balaban J connectivity index is 2.22. The van der Waals surface area contributed by atoms with Crippen molar-refractivity contribution in [1.82, 2.24) is 4.90 Å². The number of halogens is 3. The number of rotatable bonds is 0. The van der Waals surface area contributed by atoms with Crippen LogP contribution in [0.5, 0.6) is 0 Å². The van der Waals surface area contributed by atoms with Crippen LogP contribution < -0.4 is 5.73 Å². The molecule has 76 valence electrons. The van der Waals surface area contributed by atoms with E-state index in [1.165, 1.54) is 0 Å². The first-order chi connectivity index (χ1) is 5.93. The van der Waals surface area contributed by atoms with Gasteiger partial charge < -0.3 is 10.6 Å². The Hall–Kier alpha value is -0.290. The van der Waals surface area contributed by atoms with Gasteiger partial charge >= 0.3 is 6.18 Å². The minimum absolute atomic E-state index is 0.0567. The fraction of sp³-hybridized carbons (Fsp3) is 1.00. The molecule has 2 N–H and O–H groups in total. The van der Waals surface area contributed by atoms with Crippen LogP contribution in [0.25, 0.3) is 0 Å². The zero-order chi connectivity index (χ0) is 9.69. The number of hydrogen-bond acceptors (Lipinski definition) is 2. The smallest absolute Gasteiger partial charge is 0.317 e. The minimum Gasteiger partial charge on any atom is -0.317 e. The molecule has 3 unspecified atom stereocenters. The van der Waals surface area contributed by atoms with Crippen molar-refractivity contribution in [2.75, 3.05) is 19.6 Å². The van der Waals surface area contributed by atoms with Crippen molar-refractivity contribution in [1.29, 1.82) is 0 Å². The van der Waals surface area contributed by atoms with E-state index < -0.39 is 11.7 Å². The van der Waals surface area contributed by atoms with Crippen molar-refractivity contribution in [3.63, 3.8) is 0 Å². The summed E-state index contributed by atoms with van der Waals surface area (Å²) in [6.07, 6.45) is -3.59. The van der Waals surface area contributed by atoms with Crippen molar-refractivity contribution >= 4 is 0 Å². The molecule has 0 spiro atoms. The molecule has 13 heavy (non-hydrogen) atoms. The summed E-state index contributed by atoms with van der Waals surface area (Å²) in [7, 11) is 0. The highest BCUT2D eigenvalue weighted by Crippen LogP contribution is 2.43. The minimum atomic E-state index is -4.24. The highest BCUT2D eigenvalue weighted by molar-refractivity contribution is 5.05. The average Bonchev–Trinajstić information content (AvgIpc) is 2.41. The van der Waals surface area contributed by atoms with E-state index in [4.69, 9.17) is 5.73 Å². The van der Waals surface area contributed by atoms with Crippen molar-refractivity contribution in [2.24, 2.45) is 11.7 Å². The van der Waals surface area contributed by atoms with Gasteiger partial charge in [-0.15, -0.1) is 0 Å². The zero-order valence-electron chi connectivity index (χ0n) is 7.27. The molecular formula is C8H13F3N2. The number of piperidine rings is 1. The molecule has 0 aliphatic carbocycles. The Labute approximate surface area is 74.9 Å². The second-order valence-corrected chi connectivity index (χ2v) is 4.07. The summed E-state index contributed by atoms with van der Waals surface area (Å²) in [5.41, 5.74) is 3.55. The Morgan fingerprint density at radius 2 is 2.00 bits per heavy atom. The van der Waals surface area contributed by atoms with Crippen LogP contribution in [0.2, 0.25) is 0 Å². The standard InChI is InChI=1S/C8H13F3N2/c9-8(10,11)7(12)2-4-13-3-1-6(7)5-13/h6H,1-5,12H2. The van der Waals surface area contributed by atoms with Crippen LogP contribution >= 0.6 is 0 Å². The highest BCUT2D eigenvalue weighted by atomic mass is 19.4. The maximum atomic E-state index is 12.6. The Morgan fingerprint density at radius 3 is 2.62 bits per heavy atom. The molecule has 2 fully saturated rings. The molecule has 0 radical (unpaired) electrons. The number of nitrogens with two attached hydrogens (primary N) is 1. The first kappa shape index (κ1) is 9.27. The van der Waals surface area contributed by atoms with Crippen LogP contribution in [0.15, 0.2) is 0 Å². The maximum Gasteiger partial charge on any atom is 0.406 e. The molecule has 2 heterocycles. The average molecular weight is 194 g/mol. The molecule has 2 nitrogen and oxygen atoms in total. The Morgan fingerprint density at radius 1 is 1.31 bits per heavy atom. The van der Waals surface area contributed by atoms with Crippen molar-refractivity contribution in [3.05, 3.63) is 0 Å². The summed E-state index contributed by atoms with van der Waals surface area (Å²) in [4.78, 5) is 2.06. The Kier molecular flexibility index (Phi) is 1.86. The molecular weight excluding hydrogens is 181 g/mol. The van der Waals surface area contributed by atoms with E-state index >= 15 is 0 Å². The third-order valence-electron chi connectivity index (χ3n) is 3.37. The molecule has 0 aromatic carbocycles. The van der Waals surface area contributed by atoms with Crippen LogP contribution in [0.3, 0.4) is 0 Å². The molecule has 3 atom stereocenters. The van der Waals surface area contributed by atoms with E-state index in [2.05, 4.69) is 4.90 Å². The van der Waals surface area contributed by atoms with Crippen LogP contribution in [0.1, 0.15) is 12.8 Å². The Bertz CT molecular complexity index is 216. The topological polar surface area (TPSA) is 29.3 Å². The van der Waals surface area contributed by atoms with E-state index in [1.54, 1.807) is 0 Å². The molecule has 0 saturated carbocycles. The summed E-state index contributed by atoms with van der Waals surface area (Å²) in [5.74, 6) is -0.388. The summed E-state index contributed by atoms with van der Waals surface area (Å²) in [6.45, 7) is 1.79. The zero-order valence-corrected chi connectivity index (χ0v) is 7.27. The van der Waals surface area contributed by atoms with Crippen molar-refractivity contribution < 1.29 is 13.2 Å². The molecule has 2 rings (SSSR count). The first-order valence-corrected chi connectivity index (χ1v) is 4.51. The predicted molar refractivity (Wildman–Crippen MR) is 42.1 cm³/mol. The number of nitrogens with zero attached hydrogens (tertiary/aromatic N) is 1. The van der Waals surface area contributed by atoms with Gasteiger partial charge in [0.2, 0.25) is 0 Å². The van der Waals surface area contributed by atoms with Crippen LogP contribution in [-0.4, -0.2) is 36.2 Å². The lowest BCUT2D eigenvalue weighted by Gasteiger charge is -2.40. The van der Waals surface area contributed by atoms with Crippen LogP contribution in [0.4, 0.5) is 13.2 Å². The third-order valence-corrected chi connectivity index (χ3v) is 3.37. The van der Waals surface area contributed by atoms with Gasteiger partial charge in [-0.2, -0.15) is 13.2 Å². The molecule has 0 amide bonds. The fourth-order valence-electron chi connectivity index (χ4n) is 2.38. The molecule has 0 aromatic rings. The monoisotopic (exact) mass is 194 g/mol. The molecule has 0 aromatic heterocycles. The van der Waals surface area contributed by atoms with E-state index in [9.17, 15) is 13.2 Å². The van der Waals surface area contributed by atoms with E-state index in [-0.39, 0.29) is 12.3 Å². The normalized spacial score (nSPS) is 45.2. The quantitative estimate of drug-likeness (QED) is 0.622. The maximum absolute atomic E-state index is 12.6. The number of alkyl halides is 3. The summed E-state index contributed by atoms with van der Waals surface area (Å²) in [6, 6.07) is 0. The van der Waals surface area contributed by atoms with Gasteiger partial charge in [-0.05, 0) is 25.3 Å². The summed E-state index contributed by atoms with van der Waals surface area (Å²) >= 11 is 0. The van der Waals surface area contributed by atoms with E-state index in [0.29, 0.717) is 19.5 Å². The van der Waals surface area contributed by atoms with Gasteiger partial charge in [-0.3, -0.25) is 0 Å². The second-order valence-electron chi connectivity index (χ2n) is 4.07. The second kappa shape index (κ2) is 2.60. The molecule has 2 bridgehead atoms. The van der Waals surface area contributed by atoms with Crippen LogP contribution in [-0.2, 0) is 0 Å². The summed E-state index contributed by atoms with van der Waals surface area (Å²) in [5, 5.41) is 0. The summed E-state index contributed by atoms with van der Waals surface area (Å²) < 4.78 is 37.9. The lowest BCUT2D eigenvalue weighted by molar-refractivity contribution is -0.207. The van der Waals surface area contributed by atoms with Gasteiger partial charge in [0.15, 0.2) is 0 Å². The first-order valence-electron chi connectivity index (χ1n) is 4.51. The highest BCUT2D eigenvalue weighted by Gasteiger charge is 2.59. The predicted octanol–water partition coefficient (Wildman–Crippen LogP) is 0.972. The van der Waals surface area contributed by atoms with Crippen molar-refractivity contribution in [2.45, 2.75) is 24.6 Å². The van der Waals surface area contributed by atoms with Gasteiger partial charge in [0.1, 0.15) is 5.54 Å². The van der Waals surface area contributed by atoms with Gasteiger partial charge in [0.05, 0.1) is 0 Å². The number of hydrogen-bond donors (Lipinski definition) is 1. The SMILES string of the molecule is NC1(C(F)(F)F)CCN2CCC1C2. The van der Waals surface area contributed by atoms with E-state index in [1.807, 2.05) is 0 Å². The molecule has 5 heteroatoms. The lowest BCUT2D eigenvalue weighted by atomic mass is 9.79. The van der Waals surface area contributed by atoms with Crippen LogP contribution in [0, 0.1) is 5.92 Å². The molecule has 2 aliphatic rings. The van der Waals surface area contributed by atoms with Crippen molar-refractivity contribution in [3.8, 4) is 0 Å². The molecule has 2 saturated heterocycles. The van der Waals surface area contributed by atoms with Gasteiger partial charge in [-0.25, -0.2) is 0 Å². The van der Waals surface area contributed by atoms with Gasteiger partial charge in [0.25, 0.3) is 0 Å². The molecule has 2 aliphatic heterocycles. The fourth-order valence-corrected chi connectivity index (χ4v) is 2.38. The lowest BCUT2D eigenvalue weighted by Crippen LogP contribution is -2.62. The number of fused-ring (bicyclic) bond motifs is 2. The largest absolute Gasteiger partial charge is 0.406 e. The van der Waals surface area contributed by atoms with E-state index in [0.717, 1.165) is 6.54 Å². The van der Waals surface area contributed by atoms with Gasteiger partial charge in [-0.1, -0.05) is 0 Å².